The van der Waals surface area contributed by atoms with Crippen molar-refractivity contribution in [3.8, 4) is 0 Å². The lowest BCUT2D eigenvalue weighted by Crippen LogP contribution is -2.27. The summed E-state index contributed by atoms with van der Waals surface area (Å²) in [4.78, 5) is 11.6. The SMILES string of the molecule is CCCNC(=O)CC(CN)c1ccc(Cl)cc1. The monoisotopic (exact) mass is 254 g/mol. The third-order valence-electron chi connectivity index (χ3n) is 2.63. The van der Waals surface area contributed by atoms with E-state index in [0.29, 0.717) is 18.0 Å². The number of benzene rings is 1. The molecule has 1 atom stereocenters. The molecule has 3 N–H and O–H groups in total. The summed E-state index contributed by atoms with van der Waals surface area (Å²) in [5.41, 5.74) is 6.77. The highest BCUT2D eigenvalue weighted by Gasteiger charge is 2.14. The first-order valence-corrected chi connectivity index (χ1v) is 6.27. The maximum absolute atomic E-state index is 11.6. The average molecular weight is 255 g/mol. The zero-order chi connectivity index (χ0) is 12.7. The molecule has 0 aliphatic carbocycles. The van der Waals surface area contributed by atoms with E-state index in [1.54, 1.807) is 0 Å². The van der Waals surface area contributed by atoms with E-state index in [-0.39, 0.29) is 11.8 Å². The van der Waals surface area contributed by atoms with Crippen LogP contribution >= 0.6 is 11.6 Å². The van der Waals surface area contributed by atoms with Gasteiger partial charge in [-0.1, -0.05) is 30.7 Å². The molecule has 1 aromatic carbocycles. The number of hydrogen-bond acceptors (Lipinski definition) is 2. The molecule has 17 heavy (non-hydrogen) atoms. The number of carbonyl (C=O) groups is 1. The van der Waals surface area contributed by atoms with Crippen LogP contribution in [0.4, 0.5) is 0 Å². The summed E-state index contributed by atoms with van der Waals surface area (Å²) in [6.07, 6.45) is 1.37. The standard InChI is InChI=1S/C13H19ClN2O/c1-2-7-16-13(17)8-11(9-15)10-3-5-12(14)6-4-10/h3-6,11H,2,7-9,15H2,1H3,(H,16,17). The number of nitrogens with two attached hydrogens (primary N) is 1. The minimum atomic E-state index is 0.0530. The van der Waals surface area contributed by atoms with Crippen LogP contribution < -0.4 is 11.1 Å². The Balaban J connectivity index is 2.59. The molecule has 0 aliphatic heterocycles. The van der Waals surface area contributed by atoms with Gasteiger partial charge in [0.1, 0.15) is 0 Å². The summed E-state index contributed by atoms with van der Waals surface area (Å²) >= 11 is 5.82. The molecule has 0 fully saturated rings. The Labute approximate surface area is 107 Å². The molecule has 0 aromatic heterocycles. The van der Waals surface area contributed by atoms with E-state index in [2.05, 4.69) is 5.32 Å². The van der Waals surface area contributed by atoms with Gasteiger partial charge in [0.05, 0.1) is 0 Å². The van der Waals surface area contributed by atoms with E-state index in [1.165, 1.54) is 0 Å². The molecule has 0 saturated carbocycles. The fourth-order valence-electron chi connectivity index (χ4n) is 1.63. The molecule has 0 spiro atoms. The van der Waals surface area contributed by atoms with Gasteiger partial charge in [-0.15, -0.1) is 0 Å². The van der Waals surface area contributed by atoms with Crippen LogP contribution in [-0.4, -0.2) is 19.0 Å². The van der Waals surface area contributed by atoms with Crippen LogP contribution in [0.15, 0.2) is 24.3 Å². The van der Waals surface area contributed by atoms with Gasteiger partial charge >= 0.3 is 0 Å². The second-order valence-corrected chi connectivity index (χ2v) is 4.47. The Morgan fingerprint density at radius 3 is 2.59 bits per heavy atom. The molecule has 4 heteroatoms. The molecule has 0 aliphatic rings. The van der Waals surface area contributed by atoms with Gasteiger partial charge in [0.15, 0.2) is 0 Å². The van der Waals surface area contributed by atoms with Gasteiger partial charge in [-0.3, -0.25) is 4.79 Å². The topological polar surface area (TPSA) is 55.1 Å². The Bertz CT molecular complexity index is 351. The minimum absolute atomic E-state index is 0.0530. The van der Waals surface area contributed by atoms with Crippen LogP contribution in [0, 0.1) is 0 Å². The molecule has 0 bridgehead atoms. The Hall–Kier alpha value is -1.06. The average Bonchev–Trinajstić information content (AvgIpc) is 2.34. The van der Waals surface area contributed by atoms with Gasteiger partial charge in [-0.25, -0.2) is 0 Å². The van der Waals surface area contributed by atoms with E-state index >= 15 is 0 Å². The van der Waals surface area contributed by atoms with Gasteiger partial charge in [0.2, 0.25) is 5.91 Å². The molecule has 0 heterocycles. The van der Waals surface area contributed by atoms with Crippen LogP contribution in [-0.2, 0) is 4.79 Å². The highest BCUT2D eigenvalue weighted by molar-refractivity contribution is 6.30. The summed E-state index contributed by atoms with van der Waals surface area (Å²) in [6.45, 7) is 3.21. The first-order chi connectivity index (χ1) is 8.17. The third-order valence-corrected chi connectivity index (χ3v) is 2.88. The number of amides is 1. The van der Waals surface area contributed by atoms with E-state index in [1.807, 2.05) is 31.2 Å². The van der Waals surface area contributed by atoms with Crippen molar-refractivity contribution < 1.29 is 4.79 Å². The zero-order valence-electron chi connectivity index (χ0n) is 10.1. The number of carbonyl (C=O) groups excluding carboxylic acids is 1. The van der Waals surface area contributed by atoms with E-state index < -0.39 is 0 Å². The van der Waals surface area contributed by atoms with Crippen molar-refractivity contribution in [2.45, 2.75) is 25.7 Å². The van der Waals surface area contributed by atoms with Crippen LogP contribution in [0.3, 0.4) is 0 Å². The van der Waals surface area contributed by atoms with Crippen molar-refractivity contribution in [3.63, 3.8) is 0 Å². The first-order valence-electron chi connectivity index (χ1n) is 5.89. The fourth-order valence-corrected chi connectivity index (χ4v) is 1.76. The van der Waals surface area contributed by atoms with Gasteiger partial charge in [-0.2, -0.15) is 0 Å². The number of halogens is 1. The predicted octanol–water partition coefficient (Wildman–Crippen LogP) is 2.30. The van der Waals surface area contributed by atoms with Gasteiger partial charge in [0.25, 0.3) is 0 Å². The summed E-state index contributed by atoms with van der Waals surface area (Å²) in [6, 6.07) is 7.49. The molecule has 0 radical (unpaired) electrons. The van der Waals surface area contributed by atoms with Crippen molar-refractivity contribution >= 4 is 17.5 Å². The molecule has 94 valence electrons. The van der Waals surface area contributed by atoms with Crippen LogP contribution in [0.2, 0.25) is 5.02 Å². The number of hydrogen-bond donors (Lipinski definition) is 2. The second kappa shape index (κ2) is 7.30. The fraction of sp³-hybridized carbons (Fsp3) is 0.462. The largest absolute Gasteiger partial charge is 0.356 e. The highest BCUT2D eigenvalue weighted by atomic mass is 35.5. The lowest BCUT2D eigenvalue weighted by Gasteiger charge is -2.15. The van der Waals surface area contributed by atoms with Crippen molar-refractivity contribution in [3.05, 3.63) is 34.9 Å². The van der Waals surface area contributed by atoms with Crippen LogP contribution in [0.5, 0.6) is 0 Å². The summed E-state index contributed by atoms with van der Waals surface area (Å²) in [5, 5.41) is 3.55. The van der Waals surface area contributed by atoms with Crippen molar-refractivity contribution in [2.75, 3.05) is 13.1 Å². The molecule has 3 nitrogen and oxygen atoms in total. The van der Waals surface area contributed by atoms with Gasteiger partial charge in [0, 0.05) is 23.9 Å². The van der Waals surface area contributed by atoms with Crippen molar-refractivity contribution in [1.82, 2.24) is 5.32 Å². The minimum Gasteiger partial charge on any atom is -0.356 e. The molecule has 1 unspecified atom stereocenters. The normalized spacial score (nSPS) is 12.2. The number of nitrogens with one attached hydrogen (secondary N) is 1. The molecule has 0 saturated heterocycles. The molecule has 1 aromatic rings. The lowest BCUT2D eigenvalue weighted by atomic mass is 9.95. The van der Waals surface area contributed by atoms with Gasteiger partial charge < -0.3 is 11.1 Å². The Morgan fingerprint density at radius 1 is 1.41 bits per heavy atom. The third kappa shape index (κ3) is 4.75. The van der Waals surface area contributed by atoms with Crippen molar-refractivity contribution in [2.24, 2.45) is 5.73 Å². The van der Waals surface area contributed by atoms with Crippen molar-refractivity contribution in [1.29, 1.82) is 0 Å². The summed E-state index contributed by atoms with van der Waals surface area (Å²) in [5.74, 6) is 0.112. The predicted molar refractivity (Wildman–Crippen MR) is 71.2 cm³/mol. The second-order valence-electron chi connectivity index (χ2n) is 4.04. The smallest absolute Gasteiger partial charge is 0.220 e. The molecular formula is C13H19ClN2O. The Morgan fingerprint density at radius 2 is 2.06 bits per heavy atom. The zero-order valence-corrected chi connectivity index (χ0v) is 10.8. The molecule has 1 amide bonds. The number of rotatable bonds is 6. The maximum Gasteiger partial charge on any atom is 0.220 e. The molecule has 1 rings (SSSR count). The summed E-state index contributed by atoms with van der Waals surface area (Å²) < 4.78 is 0. The Kier molecular flexibility index (Phi) is 6.01. The first kappa shape index (κ1) is 14.0. The highest BCUT2D eigenvalue weighted by Crippen LogP contribution is 2.20. The van der Waals surface area contributed by atoms with Gasteiger partial charge in [-0.05, 0) is 30.7 Å². The lowest BCUT2D eigenvalue weighted by molar-refractivity contribution is -0.121. The van der Waals surface area contributed by atoms with E-state index in [4.69, 9.17) is 17.3 Å². The summed E-state index contributed by atoms with van der Waals surface area (Å²) in [7, 11) is 0. The van der Waals surface area contributed by atoms with E-state index in [9.17, 15) is 4.79 Å². The quantitative estimate of drug-likeness (QED) is 0.819. The molecular weight excluding hydrogens is 236 g/mol. The van der Waals surface area contributed by atoms with Crippen LogP contribution in [0.25, 0.3) is 0 Å². The van der Waals surface area contributed by atoms with Crippen LogP contribution in [0.1, 0.15) is 31.2 Å². The maximum atomic E-state index is 11.6. The van der Waals surface area contributed by atoms with E-state index in [0.717, 1.165) is 18.5 Å².